The van der Waals surface area contributed by atoms with Gasteiger partial charge in [-0.3, -0.25) is 14.5 Å². The van der Waals surface area contributed by atoms with Gasteiger partial charge in [-0.15, -0.1) is 0 Å². The van der Waals surface area contributed by atoms with Crippen molar-refractivity contribution in [3.05, 3.63) is 88.4 Å². The highest BCUT2D eigenvalue weighted by Gasteiger charge is 2.48. The molecule has 0 radical (unpaired) electrons. The van der Waals surface area contributed by atoms with Crippen molar-refractivity contribution in [3.63, 3.8) is 0 Å². The number of ether oxygens (including phenoxy) is 1. The van der Waals surface area contributed by atoms with Gasteiger partial charge in [-0.25, -0.2) is 0 Å². The number of aliphatic hydroxyl groups excluding tert-OH is 1. The molecule has 4 rings (SSSR count). The van der Waals surface area contributed by atoms with Crippen LogP contribution in [0.25, 0.3) is 5.76 Å². The number of carbonyl (C=O) groups excluding carboxylic acids is 2. The zero-order chi connectivity index (χ0) is 23.7. The monoisotopic (exact) mass is 445 g/mol. The summed E-state index contributed by atoms with van der Waals surface area (Å²) in [4.78, 5) is 27.8. The summed E-state index contributed by atoms with van der Waals surface area (Å²) in [5.74, 6) is 0.0169. The Morgan fingerprint density at radius 3 is 2.33 bits per heavy atom. The Balaban J connectivity index is 1.84. The highest BCUT2D eigenvalue weighted by atomic mass is 16.5. The molecule has 1 aromatic heterocycles. The smallest absolute Gasteiger partial charge is 0.300 e. The van der Waals surface area contributed by atoms with Gasteiger partial charge >= 0.3 is 0 Å². The lowest BCUT2D eigenvalue weighted by Crippen LogP contribution is -2.29. The Morgan fingerprint density at radius 1 is 1.00 bits per heavy atom. The SMILES string of the molecule is CCCOc1ccc(/C(O)=C2/C(=O)C(=O)N(c3ccc(C)c(C)c3)C2c2ccc(C)o2)cc1. The number of hydrogen-bond acceptors (Lipinski definition) is 5. The van der Waals surface area contributed by atoms with Gasteiger partial charge in [0, 0.05) is 11.3 Å². The molecule has 33 heavy (non-hydrogen) atoms. The summed E-state index contributed by atoms with van der Waals surface area (Å²) >= 11 is 0. The van der Waals surface area contributed by atoms with Gasteiger partial charge < -0.3 is 14.3 Å². The van der Waals surface area contributed by atoms with Gasteiger partial charge in [0.1, 0.15) is 29.1 Å². The van der Waals surface area contributed by atoms with Gasteiger partial charge in [-0.05, 0) is 86.8 Å². The Hall–Kier alpha value is -3.80. The number of benzene rings is 2. The van der Waals surface area contributed by atoms with Crippen LogP contribution in [0.3, 0.4) is 0 Å². The van der Waals surface area contributed by atoms with Gasteiger partial charge in [0.15, 0.2) is 0 Å². The van der Waals surface area contributed by atoms with Gasteiger partial charge in [0.2, 0.25) is 0 Å². The van der Waals surface area contributed by atoms with Crippen molar-refractivity contribution in [2.45, 2.75) is 40.2 Å². The van der Waals surface area contributed by atoms with E-state index in [9.17, 15) is 14.7 Å². The van der Waals surface area contributed by atoms with Crippen molar-refractivity contribution in [2.24, 2.45) is 0 Å². The lowest BCUT2D eigenvalue weighted by atomic mass is 9.99. The lowest BCUT2D eigenvalue weighted by molar-refractivity contribution is -0.132. The highest BCUT2D eigenvalue weighted by molar-refractivity contribution is 6.51. The third kappa shape index (κ3) is 4.16. The van der Waals surface area contributed by atoms with Crippen LogP contribution >= 0.6 is 0 Å². The normalized spacial score (nSPS) is 17.6. The van der Waals surface area contributed by atoms with E-state index in [1.165, 1.54) is 4.90 Å². The van der Waals surface area contributed by atoms with Crippen LogP contribution in [0.15, 0.2) is 64.6 Å². The molecule has 2 aromatic carbocycles. The number of furan rings is 1. The minimum absolute atomic E-state index is 0.00481. The number of aliphatic hydroxyl groups is 1. The third-order valence-corrected chi connectivity index (χ3v) is 5.84. The van der Waals surface area contributed by atoms with Gasteiger partial charge in [0.05, 0.1) is 12.2 Å². The van der Waals surface area contributed by atoms with Crippen molar-refractivity contribution < 1.29 is 23.8 Å². The van der Waals surface area contributed by atoms with E-state index in [4.69, 9.17) is 9.15 Å². The summed E-state index contributed by atoms with van der Waals surface area (Å²) in [5.41, 5.74) is 3.05. The topological polar surface area (TPSA) is 80.0 Å². The van der Waals surface area contributed by atoms with E-state index in [1.54, 1.807) is 49.4 Å². The molecule has 3 aromatic rings. The maximum atomic E-state index is 13.2. The van der Waals surface area contributed by atoms with Crippen LogP contribution in [0, 0.1) is 20.8 Å². The molecule has 6 nitrogen and oxygen atoms in total. The van der Waals surface area contributed by atoms with Gasteiger partial charge in [0.25, 0.3) is 11.7 Å². The molecule has 0 saturated carbocycles. The zero-order valence-corrected chi connectivity index (χ0v) is 19.2. The van der Waals surface area contributed by atoms with Crippen LogP contribution in [0.4, 0.5) is 5.69 Å². The number of nitrogens with zero attached hydrogens (tertiary/aromatic N) is 1. The molecule has 1 N–H and O–H groups in total. The number of Topliss-reactive ketones (excluding diaryl/α,β-unsaturated/α-hetero) is 1. The maximum absolute atomic E-state index is 13.2. The molecular weight excluding hydrogens is 418 g/mol. The van der Waals surface area contributed by atoms with Crippen molar-refractivity contribution in [1.29, 1.82) is 0 Å². The Morgan fingerprint density at radius 2 is 1.73 bits per heavy atom. The molecule has 1 amide bonds. The Bertz CT molecular complexity index is 1240. The number of ketones is 1. The van der Waals surface area contributed by atoms with E-state index in [1.807, 2.05) is 32.9 Å². The average molecular weight is 446 g/mol. The number of rotatable bonds is 6. The molecule has 0 bridgehead atoms. The van der Waals surface area contributed by atoms with Crippen LogP contribution < -0.4 is 9.64 Å². The number of aryl methyl sites for hydroxylation is 3. The molecule has 1 unspecified atom stereocenters. The summed E-state index contributed by atoms with van der Waals surface area (Å²) < 4.78 is 11.4. The molecule has 0 spiro atoms. The summed E-state index contributed by atoms with van der Waals surface area (Å²) in [6, 6.07) is 15.0. The molecule has 1 aliphatic rings. The van der Waals surface area contributed by atoms with Crippen LogP contribution in [-0.2, 0) is 9.59 Å². The van der Waals surface area contributed by atoms with Crippen LogP contribution in [0.5, 0.6) is 5.75 Å². The second-order valence-electron chi connectivity index (χ2n) is 8.26. The molecule has 1 aliphatic heterocycles. The number of amides is 1. The van der Waals surface area contributed by atoms with Crippen LogP contribution in [0.2, 0.25) is 0 Å². The van der Waals surface area contributed by atoms with E-state index in [0.29, 0.717) is 35.1 Å². The predicted octanol–water partition coefficient (Wildman–Crippen LogP) is 5.62. The highest BCUT2D eigenvalue weighted by Crippen LogP contribution is 2.43. The fraction of sp³-hybridized carbons (Fsp3) is 0.259. The molecule has 0 aliphatic carbocycles. The molecular formula is C27H27NO5. The quantitative estimate of drug-likeness (QED) is 0.303. The Labute approximate surface area is 193 Å². The minimum Gasteiger partial charge on any atom is -0.507 e. The average Bonchev–Trinajstić information content (AvgIpc) is 3.35. The first-order valence-electron chi connectivity index (χ1n) is 11.0. The van der Waals surface area contributed by atoms with Crippen molar-refractivity contribution in [2.75, 3.05) is 11.5 Å². The first kappa shape index (κ1) is 22.4. The lowest BCUT2D eigenvalue weighted by Gasteiger charge is -2.24. The molecule has 6 heteroatoms. The first-order chi connectivity index (χ1) is 15.8. The van der Waals surface area contributed by atoms with Gasteiger partial charge in [-0.1, -0.05) is 13.0 Å². The van der Waals surface area contributed by atoms with Crippen LogP contribution in [0.1, 0.15) is 47.6 Å². The molecule has 2 heterocycles. The van der Waals surface area contributed by atoms with Crippen LogP contribution in [-0.4, -0.2) is 23.4 Å². The maximum Gasteiger partial charge on any atom is 0.300 e. The second-order valence-corrected chi connectivity index (χ2v) is 8.26. The molecule has 1 fully saturated rings. The van der Waals surface area contributed by atoms with E-state index in [0.717, 1.165) is 17.5 Å². The second kappa shape index (κ2) is 8.98. The summed E-state index contributed by atoms with van der Waals surface area (Å²) in [7, 11) is 0. The minimum atomic E-state index is -0.878. The molecule has 170 valence electrons. The predicted molar refractivity (Wildman–Crippen MR) is 126 cm³/mol. The Kier molecular flexibility index (Phi) is 6.09. The number of hydrogen-bond donors (Lipinski definition) is 1. The van der Waals surface area contributed by atoms with E-state index in [-0.39, 0.29) is 11.3 Å². The number of carbonyl (C=O) groups is 2. The summed E-state index contributed by atoms with van der Waals surface area (Å²) in [5, 5.41) is 11.2. The molecule has 1 atom stereocenters. The van der Waals surface area contributed by atoms with E-state index < -0.39 is 17.7 Å². The largest absolute Gasteiger partial charge is 0.507 e. The zero-order valence-electron chi connectivity index (χ0n) is 19.2. The van der Waals surface area contributed by atoms with Crippen molar-refractivity contribution in [3.8, 4) is 5.75 Å². The molecule has 1 saturated heterocycles. The van der Waals surface area contributed by atoms with Crippen molar-refractivity contribution in [1.82, 2.24) is 0 Å². The fourth-order valence-corrected chi connectivity index (χ4v) is 3.93. The summed E-state index contributed by atoms with van der Waals surface area (Å²) in [6.45, 7) is 8.33. The number of anilines is 1. The summed E-state index contributed by atoms with van der Waals surface area (Å²) in [6.07, 6.45) is 0.881. The third-order valence-electron chi connectivity index (χ3n) is 5.84. The first-order valence-corrected chi connectivity index (χ1v) is 11.0. The standard InChI is InChI=1S/C27H27NO5/c1-5-14-32-21-11-8-19(9-12-21)25(29)23-24(22-13-7-18(4)33-22)28(27(31)26(23)30)20-10-6-16(2)17(3)15-20/h6-13,15,24,29H,5,14H2,1-4H3/b25-23-. The van der Waals surface area contributed by atoms with E-state index >= 15 is 0 Å². The van der Waals surface area contributed by atoms with E-state index in [2.05, 4.69) is 0 Å². The van der Waals surface area contributed by atoms with Crippen molar-refractivity contribution >= 4 is 23.1 Å². The van der Waals surface area contributed by atoms with Gasteiger partial charge in [-0.2, -0.15) is 0 Å². The fourth-order valence-electron chi connectivity index (χ4n) is 3.93.